The van der Waals surface area contributed by atoms with Gasteiger partial charge in [-0.3, -0.25) is 4.79 Å². The first-order chi connectivity index (χ1) is 18.8. The van der Waals surface area contributed by atoms with Gasteiger partial charge in [-0.25, -0.2) is 9.59 Å². The Labute approximate surface area is 236 Å². The molecular formula is C29H28Cl2N4O4. The topological polar surface area (TPSA) is 111 Å². The number of halogens is 2. The summed E-state index contributed by atoms with van der Waals surface area (Å²) in [6.45, 7) is 1.14. The summed E-state index contributed by atoms with van der Waals surface area (Å²) in [6.07, 6.45) is 1.63. The fourth-order valence-corrected chi connectivity index (χ4v) is 5.81. The van der Waals surface area contributed by atoms with E-state index in [1.54, 1.807) is 12.1 Å². The first kappa shape index (κ1) is 26.8. The fraction of sp³-hybridized carbons (Fsp3) is 0.276. The number of benzene rings is 3. The van der Waals surface area contributed by atoms with Crippen molar-refractivity contribution >= 4 is 46.8 Å². The van der Waals surface area contributed by atoms with Gasteiger partial charge in [0.2, 0.25) is 0 Å². The average molecular weight is 567 g/mol. The van der Waals surface area contributed by atoms with Crippen molar-refractivity contribution in [2.45, 2.75) is 30.8 Å². The largest absolute Gasteiger partial charge is 0.480 e. The lowest BCUT2D eigenvalue weighted by atomic mass is 9.91. The van der Waals surface area contributed by atoms with Gasteiger partial charge in [0, 0.05) is 19.0 Å². The monoisotopic (exact) mass is 566 g/mol. The van der Waals surface area contributed by atoms with Crippen LogP contribution in [0.15, 0.2) is 66.7 Å². The molecule has 3 aromatic carbocycles. The van der Waals surface area contributed by atoms with E-state index in [4.69, 9.17) is 23.2 Å². The van der Waals surface area contributed by atoms with Crippen molar-refractivity contribution in [2.24, 2.45) is 0 Å². The molecule has 0 spiro atoms. The molecule has 0 unspecified atom stereocenters. The summed E-state index contributed by atoms with van der Waals surface area (Å²) in [5, 5.41) is 17.8. The number of nitrogens with one attached hydrogen (secondary N) is 3. The SMILES string of the molecule is O=C(NC[C@H](NC(=O)c1c(Cl)ccc(N2CC(c3ccccc3)C2)c1Cl)C(=O)O)N[C@@H]1CCc2ccccc21. The van der Waals surface area contributed by atoms with Crippen LogP contribution < -0.4 is 20.9 Å². The Balaban J connectivity index is 1.20. The number of aryl methyl sites for hydroxylation is 1. The van der Waals surface area contributed by atoms with Gasteiger partial charge in [0.25, 0.3) is 5.91 Å². The molecular weight excluding hydrogens is 539 g/mol. The van der Waals surface area contributed by atoms with Gasteiger partial charge in [-0.2, -0.15) is 0 Å². The number of rotatable bonds is 8. The molecule has 0 aromatic heterocycles. The lowest BCUT2D eigenvalue weighted by Gasteiger charge is -2.42. The van der Waals surface area contributed by atoms with Crippen LogP contribution in [0.4, 0.5) is 10.5 Å². The summed E-state index contributed by atoms with van der Waals surface area (Å²) in [4.78, 5) is 39.6. The number of urea groups is 1. The van der Waals surface area contributed by atoms with E-state index in [2.05, 4.69) is 33.0 Å². The van der Waals surface area contributed by atoms with Crippen LogP contribution in [0.2, 0.25) is 10.0 Å². The molecule has 8 nitrogen and oxygen atoms in total. The van der Waals surface area contributed by atoms with Crippen LogP contribution >= 0.6 is 23.2 Å². The van der Waals surface area contributed by atoms with Crippen molar-refractivity contribution in [1.29, 1.82) is 0 Å². The molecule has 1 aliphatic carbocycles. The number of fused-ring (bicyclic) bond motifs is 1. The Morgan fingerprint density at radius 1 is 0.974 bits per heavy atom. The molecule has 2 aliphatic rings. The molecule has 0 bridgehead atoms. The minimum absolute atomic E-state index is 0.00254. The van der Waals surface area contributed by atoms with E-state index in [0.717, 1.165) is 31.5 Å². The Morgan fingerprint density at radius 3 is 2.44 bits per heavy atom. The van der Waals surface area contributed by atoms with Gasteiger partial charge >= 0.3 is 12.0 Å². The molecule has 1 fully saturated rings. The molecule has 1 heterocycles. The fourth-order valence-electron chi connectivity index (χ4n) is 5.15. The maximum absolute atomic E-state index is 13.1. The van der Waals surface area contributed by atoms with Crippen molar-refractivity contribution in [2.75, 3.05) is 24.5 Å². The average Bonchev–Trinajstić information content (AvgIpc) is 3.30. The van der Waals surface area contributed by atoms with Crippen LogP contribution in [-0.2, 0) is 11.2 Å². The number of carbonyl (C=O) groups is 3. The standard InChI is InChI=1S/C29H28Cl2N4O4/c30-21-11-13-24(35-15-19(16-35)17-6-2-1-3-7-17)26(31)25(21)27(36)33-23(28(37)38)14-32-29(39)34-22-12-10-18-8-4-5-9-20(18)22/h1-9,11,13,19,22-23H,10,12,14-16H2,(H,33,36)(H,37,38)(H2,32,34,39)/t22-,23+/m1/s1. The zero-order valence-corrected chi connectivity index (χ0v) is 22.5. The Bertz CT molecular complexity index is 1400. The highest BCUT2D eigenvalue weighted by Crippen LogP contribution is 2.39. The van der Waals surface area contributed by atoms with Crippen LogP contribution in [0, 0.1) is 0 Å². The zero-order chi connectivity index (χ0) is 27.5. The van der Waals surface area contributed by atoms with E-state index in [0.29, 0.717) is 11.6 Å². The Hall–Kier alpha value is -3.75. The minimum Gasteiger partial charge on any atom is -0.480 e. The van der Waals surface area contributed by atoms with E-state index in [-0.39, 0.29) is 28.2 Å². The van der Waals surface area contributed by atoms with E-state index in [1.165, 1.54) is 11.1 Å². The van der Waals surface area contributed by atoms with Crippen molar-refractivity contribution in [3.63, 3.8) is 0 Å². The number of amides is 3. The molecule has 10 heteroatoms. The van der Waals surface area contributed by atoms with E-state index < -0.39 is 23.9 Å². The number of nitrogens with zero attached hydrogens (tertiary/aromatic N) is 1. The van der Waals surface area contributed by atoms with Gasteiger partial charge in [0.05, 0.1) is 33.9 Å². The smallest absolute Gasteiger partial charge is 0.328 e. The van der Waals surface area contributed by atoms with Gasteiger partial charge in [0.1, 0.15) is 6.04 Å². The van der Waals surface area contributed by atoms with Gasteiger partial charge in [-0.05, 0) is 41.7 Å². The number of aliphatic carboxylic acids is 1. The van der Waals surface area contributed by atoms with Gasteiger partial charge in [-0.15, -0.1) is 0 Å². The summed E-state index contributed by atoms with van der Waals surface area (Å²) in [7, 11) is 0. The number of carboxylic acid groups (broad SMARTS) is 1. The second-order valence-corrected chi connectivity index (χ2v) is 10.6. The number of anilines is 1. The molecule has 202 valence electrons. The second-order valence-electron chi connectivity index (χ2n) is 9.78. The van der Waals surface area contributed by atoms with Crippen molar-refractivity contribution in [3.05, 3.63) is 99.0 Å². The molecule has 3 amide bonds. The molecule has 5 rings (SSSR count). The third kappa shape index (κ3) is 5.82. The van der Waals surface area contributed by atoms with Crippen molar-refractivity contribution in [3.8, 4) is 0 Å². The summed E-state index contributed by atoms with van der Waals surface area (Å²) in [5.74, 6) is -1.68. The van der Waals surface area contributed by atoms with Gasteiger partial charge in [-0.1, -0.05) is 77.8 Å². The highest BCUT2D eigenvalue weighted by molar-refractivity contribution is 6.41. The quantitative estimate of drug-likeness (QED) is 0.314. The van der Waals surface area contributed by atoms with Crippen molar-refractivity contribution < 1.29 is 19.5 Å². The van der Waals surface area contributed by atoms with E-state index >= 15 is 0 Å². The first-order valence-corrected chi connectivity index (χ1v) is 13.5. The highest BCUT2D eigenvalue weighted by atomic mass is 35.5. The molecule has 0 radical (unpaired) electrons. The molecule has 1 aliphatic heterocycles. The molecule has 39 heavy (non-hydrogen) atoms. The molecule has 2 atom stereocenters. The summed E-state index contributed by atoms with van der Waals surface area (Å²) in [5.41, 5.74) is 4.12. The molecule has 1 saturated heterocycles. The third-order valence-electron chi connectivity index (χ3n) is 7.30. The number of hydrogen-bond acceptors (Lipinski definition) is 4. The maximum atomic E-state index is 13.1. The van der Waals surface area contributed by atoms with Crippen LogP contribution in [0.25, 0.3) is 0 Å². The molecule has 3 aromatic rings. The van der Waals surface area contributed by atoms with Crippen LogP contribution in [0.3, 0.4) is 0 Å². The zero-order valence-electron chi connectivity index (χ0n) is 21.0. The lowest BCUT2D eigenvalue weighted by molar-refractivity contribution is -0.139. The number of carbonyl (C=O) groups excluding carboxylic acids is 2. The predicted octanol–water partition coefficient (Wildman–Crippen LogP) is 4.77. The number of hydrogen-bond donors (Lipinski definition) is 4. The maximum Gasteiger partial charge on any atom is 0.328 e. The third-order valence-corrected chi connectivity index (χ3v) is 8.00. The van der Waals surface area contributed by atoms with Gasteiger partial charge in [0.15, 0.2) is 0 Å². The van der Waals surface area contributed by atoms with E-state index in [1.807, 2.05) is 42.5 Å². The Morgan fingerprint density at radius 2 is 1.69 bits per heavy atom. The summed E-state index contributed by atoms with van der Waals surface area (Å²) in [6, 6.07) is 19.3. The van der Waals surface area contributed by atoms with Crippen LogP contribution in [0.5, 0.6) is 0 Å². The van der Waals surface area contributed by atoms with Gasteiger partial charge < -0.3 is 26.0 Å². The molecule has 4 N–H and O–H groups in total. The first-order valence-electron chi connectivity index (χ1n) is 12.8. The summed E-state index contributed by atoms with van der Waals surface area (Å²) < 4.78 is 0. The minimum atomic E-state index is -1.39. The normalized spacial score (nSPS) is 17.1. The predicted molar refractivity (Wildman–Crippen MR) is 151 cm³/mol. The lowest BCUT2D eigenvalue weighted by Crippen LogP contribution is -2.50. The summed E-state index contributed by atoms with van der Waals surface area (Å²) >= 11 is 12.9. The van der Waals surface area contributed by atoms with Crippen molar-refractivity contribution in [1.82, 2.24) is 16.0 Å². The van der Waals surface area contributed by atoms with Crippen LogP contribution in [0.1, 0.15) is 45.4 Å². The number of carboxylic acids is 1. The second kappa shape index (κ2) is 11.6. The Kier molecular flexibility index (Phi) is 7.95. The molecule has 0 saturated carbocycles. The van der Waals surface area contributed by atoms with Crippen LogP contribution in [-0.4, -0.2) is 48.7 Å². The highest BCUT2D eigenvalue weighted by Gasteiger charge is 2.32. The van der Waals surface area contributed by atoms with E-state index in [9.17, 15) is 19.5 Å².